The van der Waals surface area contributed by atoms with Crippen LogP contribution in [-0.4, -0.2) is 85.5 Å². The van der Waals surface area contributed by atoms with E-state index in [1.165, 1.54) is 0 Å². The minimum absolute atomic E-state index is 0. The first kappa shape index (κ1) is 21.0. The van der Waals surface area contributed by atoms with Gasteiger partial charge in [0.15, 0.2) is 0 Å². The monoisotopic (exact) mass is 250 g/mol. The summed E-state index contributed by atoms with van der Waals surface area (Å²) in [4.78, 5) is 10.7. The van der Waals surface area contributed by atoms with Gasteiger partial charge in [-0.1, -0.05) is 13.8 Å². The zero-order valence-electron chi connectivity index (χ0n) is 11.5. The third kappa shape index (κ3) is 25.2. The maximum absolute atomic E-state index is 10.7. The van der Waals surface area contributed by atoms with Gasteiger partial charge in [-0.2, -0.15) is 0 Å². The van der Waals surface area contributed by atoms with Gasteiger partial charge < -0.3 is 22.9 Å². The van der Waals surface area contributed by atoms with E-state index in [1.54, 1.807) is 0 Å². The number of aliphatic hydroxyl groups is 3. The quantitative estimate of drug-likeness (QED) is 0.447. The van der Waals surface area contributed by atoms with Crippen LogP contribution in [0.15, 0.2) is 0 Å². The number of carbonyl (C=O) groups excluding carboxylic acids is 1. The van der Waals surface area contributed by atoms with Crippen molar-refractivity contribution in [3.8, 4) is 0 Å². The summed E-state index contributed by atoms with van der Waals surface area (Å²) in [7, 11) is 0. The van der Waals surface area contributed by atoms with Gasteiger partial charge in [-0.3, -0.25) is 4.79 Å². The molecule has 0 radical (unpaired) electrons. The molecule has 0 saturated heterocycles. The van der Waals surface area contributed by atoms with Crippen molar-refractivity contribution in [2.75, 3.05) is 26.4 Å². The molecule has 0 aliphatic heterocycles. The first-order valence-electron chi connectivity index (χ1n) is 4.56. The van der Waals surface area contributed by atoms with Gasteiger partial charge in [-0.25, -0.2) is 0 Å². The summed E-state index contributed by atoms with van der Waals surface area (Å²) in [6.07, 6.45) is 0.431. The van der Waals surface area contributed by atoms with Crippen molar-refractivity contribution in [3.63, 3.8) is 0 Å². The molecule has 0 spiro atoms. The second-order valence-corrected chi connectivity index (χ2v) is 2.99. The standard InChI is InChI=1S/C7H14O3.C2H6O2.Ca.2H/c1-6(2)5-7(9)10-4-3-8;3-1-2-4;;;/h6,8H,3-5H2,1-2H3;3-4H,1-2H2;;;/q;;+2;2*-1. The van der Waals surface area contributed by atoms with Crippen molar-refractivity contribution < 1.29 is 27.7 Å². The van der Waals surface area contributed by atoms with Gasteiger partial charge >= 0.3 is 43.7 Å². The topological polar surface area (TPSA) is 87.0 Å². The average molecular weight is 250 g/mol. The van der Waals surface area contributed by atoms with Crippen molar-refractivity contribution in [2.24, 2.45) is 5.92 Å². The van der Waals surface area contributed by atoms with E-state index >= 15 is 0 Å². The van der Waals surface area contributed by atoms with Gasteiger partial charge in [0, 0.05) is 6.42 Å². The van der Waals surface area contributed by atoms with Crippen LogP contribution in [0.1, 0.15) is 23.1 Å². The SMILES string of the molecule is CC(C)CC(=O)OCCO.OCCO.[Ca+2].[H-].[H-]. The molecule has 0 saturated carbocycles. The molecule has 0 rings (SSSR count). The fourth-order valence-electron chi connectivity index (χ4n) is 0.552. The Labute approximate surface area is 123 Å². The van der Waals surface area contributed by atoms with Gasteiger partial charge in [0.25, 0.3) is 0 Å². The molecule has 0 heterocycles. The summed E-state index contributed by atoms with van der Waals surface area (Å²) in [5, 5.41) is 23.5. The molecular formula is C9H22CaO5. The summed E-state index contributed by atoms with van der Waals surface area (Å²) in [6.45, 7) is 3.66. The van der Waals surface area contributed by atoms with E-state index in [1.807, 2.05) is 13.8 Å². The van der Waals surface area contributed by atoms with Crippen molar-refractivity contribution in [2.45, 2.75) is 20.3 Å². The molecule has 15 heavy (non-hydrogen) atoms. The predicted octanol–water partition coefficient (Wildman–Crippen LogP) is -0.617. The van der Waals surface area contributed by atoms with Crippen molar-refractivity contribution in [3.05, 3.63) is 0 Å². The Morgan fingerprint density at radius 3 is 1.93 bits per heavy atom. The summed E-state index contributed by atoms with van der Waals surface area (Å²) in [6, 6.07) is 0. The molecule has 0 aliphatic rings. The van der Waals surface area contributed by atoms with E-state index in [4.69, 9.17) is 15.3 Å². The van der Waals surface area contributed by atoms with Crippen LogP contribution >= 0.6 is 0 Å². The average Bonchev–Trinajstić information content (AvgIpc) is 2.14. The number of carbonyl (C=O) groups is 1. The summed E-state index contributed by atoms with van der Waals surface area (Å²) in [5.74, 6) is 0.0928. The van der Waals surface area contributed by atoms with Crippen molar-refractivity contribution in [1.29, 1.82) is 0 Å². The first-order chi connectivity index (χ1) is 6.58. The van der Waals surface area contributed by atoms with Gasteiger partial charge in [-0.15, -0.1) is 0 Å². The van der Waals surface area contributed by atoms with E-state index in [-0.39, 0.29) is 73.0 Å². The van der Waals surface area contributed by atoms with Crippen LogP contribution in [0.25, 0.3) is 0 Å². The Bertz CT molecular complexity index is 137. The molecule has 0 aliphatic carbocycles. The fourth-order valence-corrected chi connectivity index (χ4v) is 0.552. The summed E-state index contributed by atoms with van der Waals surface area (Å²) < 4.78 is 4.61. The fraction of sp³-hybridized carbons (Fsp3) is 0.889. The molecule has 90 valence electrons. The molecule has 0 amide bonds. The van der Waals surface area contributed by atoms with E-state index in [0.717, 1.165) is 0 Å². The largest absolute Gasteiger partial charge is 2.00 e. The normalized spacial score (nSPS) is 8.67. The van der Waals surface area contributed by atoms with Crippen LogP contribution in [0.4, 0.5) is 0 Å². The molecule has 0 bridgehead atoms. The molecule has 0 aromatic carbocycles. The van der Waals surface area contributed by atoms with Crippen LogP contribution in [0.5, 0.6) is 0 Å². The molecule has 3 N–H and O–H groups in total. The molecule has 0 unspecified atom stereocenters. The van der Waals surface area contributed by atoms with Crippen LogP contribution in [0, 0.1) is 5.92 Å². The molecule has 0 atom stereocenters. The van der Waals surface area contributed by atoms with E-state index in [2.05, 4.69) is 4.74 Å². The Hall–Kier alpha value is 0.610. The Morgan fingerprint density at radius 2 is 1.67 bits per heavy atom. The first-order valence-corrected chi connectivity index (χ1v) is 4.56. The van der Waals surface area contributed by atoms with E-state index < -0.39 is 0 Å². The van der Waals surface area contributed by atoms with Gasteiger partial charge in [-0.05, 0) is 5.92 Å². The Kier molecular flexibility index (Phi) is 23.8. The number of ether oxygens (including phenoxy) is 1. The third-order valence-corrected chi connectivity index (χ3v) is 1.03. The molecule has 5 nitrogen and oxygen atoms in total. The maximum Gasteiger partial charge on any atom is 2.00 e. The molecule has 0 fully saturated rings. The van der Waals surface area contributed by atoms with E-state index in [9.17, 15) is 4.79 Å². The molecule has 6 heteroatoms. The van der Waals surface area contributed by atoms with Crippen LogP contribution in [0.3, 0.4) is 0 Å². The van der Waals surface area contributed by atoms with Crippen LogP contribution in [0.2, 0.25) is 0 Å². The number of hydrogen-bond donors (Lipinski definition) is 3. The summed E-state index contributed by atoms with van der Waals surface area (Å²) in [5.41, 5.74) is 0. The smallest absolute Gasteiger partial charge is 1.00 e. The van der Waals surface area contributed by atoms with Crippen molar-refractivity contribution >= 4 is 43.7 Å². The molecular weight excluding hydrogens is 228 g/mol. The summed E-state index contributed by atoms with van der Waals surface area (Å²) >= 11 is 0. The molecule has 0 aromatic rings. The minimum atomic E-state index is -0.232. The zero-order valence-corrected chi connectivity index (χ0v) is 11.7. The van der Waals surface area contributed by atoms with Gasteiger partial charge in [0.05, 0.1) is 19.8 Å². The number of esters is 1. The third-order valence-electron chi connectivity index (χ3n) is 1.03. The number of aliphatic hydroxyl groups excluding tert-OH is 3. The minimum Gasteiger partial charge on any atom is -1.00 e. The number of rotatable bonds is 5. The Balaban J connectivity index is -0.0000000607. The predicted molar refractivity (Wildman–Crippen MR) is 59.6 cm³/mol. The second-order valence-electron chi connectivity index (χ2n) is 2.99. The second kappa shape index (κ2) is 17.0. The van der Waals surface area contributed by atoms with E-state index in [0.29, 0.717) is 12.3 Å². The van der Waals surface area contributed by atoms with Gasteiger partial charge in [0.1, 0.15) is 6.61 Å². The van der Waals surface area contributed by atoms with Crippen LogP contribution in [-0.2, 0) is 9.53 Å². The Morgan fingerprint density at radius 1 is 1.20 bits per heavy atom. The maximum atomic E-state index is 10.7. The number of hydrogen-bond acceptors (Lipinski definition) is 5. The molecule has 0 aromatic heterocycles. The zero-order chi connectivity index (χ0) is 11.4. The van der Waals surface area contributed by atoms with Crippen LogP contribution < -0.4 is 0 Å². The van der Waals surface area contributed by atoms with Gasteiger partial charge in [0.2, 0.25) is 0 Å². The van der Waals surface area contributed by atoms with Crippen molar-refractivity contribution in [1.82, 2.24) is 0 Å².